The fourth-order valence-electron chi connectivity index (χ4n) is 5.45. The van der Waals surface area contributed by atoms with Crippen molar-refractivity contribution in [1.29, 1.82) is 0 Å². The van der Waals surface area contributed by atoms with Crippen molar-refractivity contribution in [2.24, 2.45) is 0 Å². The van der Waals surface area contributed by atoms with E-state index in [4.69, 9.17) is 0 Å². The number of hydrogen-bond acceptors (Lipinski definition) is 7. The Labute approximate surface area is 227 Å². The molecule has 1 saturated heterocycles. The van der Waals surface area contributed by atoms with E-state index in [1.807, 2.05) is 51.2 Å². The van der Waals surface area contributed by atoms with Crippen LogP contribution in [0.3, 0.4) is 0 Å². The Morgan fingerprint density at radius 3 is 2.28 bits per heavy atom. The number of rotatable bonds is 6. The summed E-state index contributed by atoms with van der Waals surface area (Å²) >= 11 is 0. The van der Waals surface area contributed by atoms with Crippen LogP contribution in [0.25, 0.3) is 0 Å². The van der Waals surface area contributed by atoms with E-state index >= 15 is 4.39 Å². The first-order valence-electron chi connectivity index (χ1n) is 13.2. The van der Waals surface area contributed by atoms with Crippen LogP contribution < -0.4 is 10.2 Å². The van der Waals surface area contributed by atoms with Crippen molar-refractivity contribution in [2.45, 2.75) is 46.6 Å². The second-order valence-electron chi connectivity index (χ2n) is 10.3. The van der Waals surface area contributed by atoms with E-state index < -0.39 is 12.5 Å². The number of piperazine rings is 1. The monoisotopic (exact) mass is 537 g/mol. The zero-order chi connectivity index (χ0) is 27.8. The Bertz CT molecular complexity index is 1370. The topological polar surface area (TPSA) is 60.4 Å². The molecule has 1 N–H and O–H groups in total. The Hall–Kier alpha value is -3.82. The van der Waals surface area contributed by atoms with Crippen LogP contribution in [0.2, 0.25) is 0 Å². The van der Waals surface area contributed by atoms with Crippen LogP contribution in [0.1, 0.15) is 43.9 Å². The standard InChI is InChI=1S/C29H34F3N7/c1-17-12-21-14-24(23(13-17)19(3)36-25-7-6-18(2)35-27(25)28(31)32)26(30)29(37(21)5)39-10-8-38(9-11-39)22-15-33-20(4)34-16-22/h6-7,12-13,15-16,19,28,36H,8-11,14H2,1-5H3/t19-/m1/s1. The molecule has 10 heteroatoms. The van der Waals surface area contributed by atoms with Gasteiger partial charge >= 0.3 is 0 Å². The van der Waals surface area contributed by atoms with Crippen LogP contribution >= 0.6 is 0 Å². The van der Waals surface area contributed by atoms with Gasteiger partial charge in [0, 0.05) is 62.7 Å². The van der Waals surface area contributed by atoms with E-state index in [0.29, 0.717) is 49.7 Å². The molecule has 206 valence electrons. The second-order valence-corrected chi connectivity index (χ2v) is 10.3. The summed E-state index contributed by atoms with van der Waals surface area (Å²) in [6, 6.07) is 2.90. The highest BCUT2D eigenvalue weighted by Crippen LogP contribution is 2.41. The lowest BCUT2D eigenvalue weighted by Gasteiger charge is -2.43. The third kappa shape index (κ3) is 5.37. The summed E-state index contributed by atoms with van der Waals surface area (Å²) in [5.74, 6) is 0.998. The van der Waals surface area contributed by atoms with Crippen LogP contribution in [0.5, 0.6) is 0 Å². The van der Waals surface area contributed by atoms with Gasteiger partial charge in [-0.1, -0.05) is 6.08 Å². The van der Waals surface area contributed by atoms with Crippen molar-refractivity contribution in [2.75, 3.05) is 43.4 Å². The quantitative estimate of drug-likeness (QED) is 0.510. The lowest BCUT2D eigenvalue weighted by atomic mass is 9.94. The van der Waals surface area contributed by atoms with E-state index in [1.165, 1.54) is 0 Å². The number of pyridine rings is 1. The first-order valence-corrected chi connectivity index (χ1v) is 13.2. The van der Waals surface area contributed by atoms with Crippen molar-refractivity contribution in [3.63, 3.8) is 0 Å². The third-order valence-electron chi connectivity index (χ3n) is 7.51. The first kappa shape index (κ1) is 26.8. The minimum Gasteiger partial charge on any atom is -0.377 e. The van der Waals surface area contributed by atoms with E-state index in [9.17, 15) is 8.78 Å². The van der Waals surface area contributed by atoms with Crippen molar-refractivity contribution in [1.82, 2.24) is 24.8 Å². The number of aryl methyl sites for hydroxylation is 2. The predicted molar refractivity (Wildman–Crippen MR) is 147 cm³/mol. The number of nitrogens with one attached hydrogen (secondary N) is 1. The molecule has 0 unspecified atom stereocenters. The normalized spacial score (nSPS) is 18.8. The average molecular weight is 538 g/mol. The molecule has 3 aliphatic rings. The molecule has 1 atom stereocenters. The van der Waals surface area contributed by atoms with Crippen LogP contribution in [0.15, 0.2) is 70.7 Å². The fraction of sp³-hybridized carbons (Fsp3) is 0.414. The molecule has 0 amide bonds. The summed E-state index contributed by atoms with van der Waals surface area (Å²) < 4.78 is 43.9. The van der Waals surface area contributed by atoms with Crippen LogP contribution in [-0.2, 0) is 0 Å². The van der Waals surface area contributed by atoms with Crippen molar-refractivity contribution < 1.29 is 13.2 Å². The molecule has 2 aromatic rings. The third-order valence-corrected chi connectivity index (χ3v) is 7.51. The maximum absolute atomic E-state index is 16.4. The first-order chi connectivity index (χ1) is 18.6. The summed E-state index contributed by atoms with van der Waals surface area (Å²) in [4.78, 5) is 18.9. The van der Waals surface area contributed by atoms with Gasteiger partial charge in [0.2, 0.25) is 0 Å². The highest BCUT2D eigenvalue weighted by molar-refractivity contribution is 5.57. The molecule has 2 bridgehead atoms. The predicted octanol–water partition coefficient (Wildman–Crippen LogP) is 5.66. The van der Waals surface area contributed by atoms with Crippen LogP contribution in [-0.4, -0.2) is 64.0 Å². The fourth-order valence-corrected chi connectivity index (χ4v) is 5.45. The molecule has 0 radical (unpaired) electrons. The molecule has 2 aromatic heterocycles. The summed E-state index contributed by atoms with van der Waals surface area (Å²) in [6.45, 7) is 10.1. The molecule has 0 aromatic carbocycles. The Morgan fingerprint density at radius 2 is 1.62 bits per heavy atom. The van der Waals surface area contributed by atoms with Crippen molar-refractivity contribution in [3.8, 4) is 0 Å². The number of aromatic nitrogens is 3. The number of alkyl halides is 2. The molecule has 5 rings (SSSR count). The van der Waals surface area contributed by atoms with Crippen LogP contribution in [0.4, 0.5) is 24.5 Å². The molecule has 7 nitrogen and oxygen atoms in total. The van der Waals surface area contributed by atoms with Gasteiger partial charge in [-0.2, -0.15) is 0 Å². The zero-order valence-electron chi connectivity index (χ0n) is 23.0. The Kier molecular flexibility index (Phi) is 7.38. The van der Waals surface area contributed by atoms with Gasteiger partial charge in [0.1, 0.15) is 17.3 Å². The maximum atomic E-state index is 16.4. The zero-order valence-corrected chi connectivity index (χ0v) is 23.0. The van der Waals surface area contributed by atoms with Gasteiger partial charge in [-0.25, -0.2) is 28.1 Å². The minimum absolute atomic E-state index is 0.258. The molecule has 39 heavy (non-hydrogen) atoms. The van der Waals surface area contributed by atoms with E-state index in [2.05, 4.69) is 36.1 Å². The van der Waals surface area contributed by atoms with E-state index in [0.717, 1.165) is 28.4 Å². The molecule has 2 aliphatic heterocycles. The van der Waals surface area contributed by atoms with E-state index in [1.54, 1.807) is 19.1 Å². The van der Waals surface area contributed by atoms with Gasteiger partial charge in [0.15, 0.2) is 5.83 Å². The summed E-state index contributed by atoms with van der Waals surface area (Å²) in [7, 11) is 1.91. The van der Waals surface area contributed by atoms with Gasteiger partial charge in [-0.05, 0) is 57.0 Å². The van der Waals surface area contributed by atoms with Gasteiger partial charge in [0.05, 0.1) is 23.8 Å². The molecule has 0 spiro atoms. The van der Waals surface area contributed by atoms with Gasteiger partial charge in [-0.3, -0.25) is 0 Å². The number of nitrogens with zero attached hydrogens (tertiary/aromatic N) is 6. The SMILES string of the molecule is CC1=CC([C@@H](C)Nc2ccc(C)nc2C(F)F)=C2CC(=C1)N(C)C(N1CCN(c3cnc(C)nc3)CC1)=C2F. The smallest absolute Gasteiger partial charge is 0.282 e. The molecule has 1 fully saturated rings. The number of fused-ring (bicyclic) bond motifs is 2. The summed E-state index contributed by atoms with van der Waals surface area (Å²) in [6.07, 6.45) is 5.39. The second kappa shape index (κ2) is 10.7. The van der Waals surface area contributed by atoms with Gasteiger partial charge in [0.25, 0.3) is 6.43 Å². The van der Waals surface area contributed by atoms with Crippen molar-refractivity contribution in [3.05, 3.63) is 88.0 Å². The number of anilines is 2. The molecular weight excluding hydrogens is 503 g/mol. The number of halogens is 3. The highest BCUT2D eigenvalue weighted by Gasteiger charge is 2.34. The van der Waals surface area contributed by atoms with Gasteiger partial charge in [-0.15, -0.1) is 0 Å². The summed E-state index contributed by atoms with van der Waals surface area (Å²) in [5, 5.41) is 3.19. The Morgan fingerprint density at radius 1 is 0.949 bits per heavy atom. The maximum Gasteiger partial charge on any atom is 0.282 e. The van der Waals surface area contributed by atoms with Crippen LogP contribution in [0, 0.1) is 13.8 Å². The summed E-state index contributed by atoms with van der Waals surface area (Å²) in [5.41, 5.74) is 4.75. The largest absolute Gasteiger partial charge is 0.377 e. The minimum atomic E-state index is -2.71. The Balaban J connectivity index is 1.45. The van der Waals surface area contributed by atoms with Gasteiger partial charge < -0.3 is 20.0 Å². The number of allylic oxidation sites excluding steroid dienone is 4. The van der Waals surface area contributed by atoms with Crippen molar-refractivity contribution >= 4 is 11.4 Å². The molecule has 0 saturated carbocycles. The van der Waals surface area contributed by atoms with E-state index in [-0.39, 0.29) is 17.2 Å². The molecular formula is C29H34F3N7. The molecule has 4 heterocycles. The molecule has 1 aliphatic carbocycles. The number of hydrogen-bond donors (Lipinski definition) is 1. The lowest BCUT2D eigenvalue weighted by molar-refractivity contribution is 0.146. The average Bonchev–Trinajstić information content (AvgIpc) is 3.07. The lowest BCUT2D eigenvalue weighted by Crippen LogP contribution is -2.49. The highest BCUT2D eigenvalue weighted by atomic mass is 19.3.